The van der Waals surface area contributed by atoms with Gasteiger partial charge in [-0.3, -0.25) is 9.13 Å². The first-order valence-corrected chi connectivity index (χ1v) is 9.32. The van der Waals surface area contributed by atoms with E-state index in [0.29, 0.717) is 18.4 Å². The van der Waals surface area contributed by atoms with Crippen LogP contribution in [0.5, 0.6) is 0 Å². The van der Waals surface area contributed by atoms with Gasteiger partial charge in [-0.1, -0.05) is 0 Å². The minimum absolute atomic E-state index is 0.0430. The third-order valence-electron chi connectivity index (χ3n) is 5.04. The second-order valence-electron chi connectivity index (χ2n) is 7.07. The maximum atomic E-state index is 12.1. The van der Waals surface area contributed by atoms with Gasteiger partial charge >= 0.3 is 5.69 Å². The average molecular weight is 367 g/mol. The number of fused-ring (bicyclic) bond motifs is 1. The van der Waals surface area contributed by atoms with E-state index >= 15 is 0 Å². The standard InChI is InChI=1S/C19H25N7O/c1-25-15-7-6-13(10-16(15)26(2)19(25)27)23-18-22-11-14(12-4-5-12)17(24-18)21-9-3-8-20/h6-7,10-12H,3-5,8-9,20H2,1-2H3,(H2,21,22,23,24). The van der Waals surface area contributed by atoms with Crippen LogP contribution in [0.15, 0.2) is 29.2 Å². The average Bonchev–Trinajstić information content (AvgIpc) is 3.49. The van der Waals surface area contributed by atoms with Crippen LogP contribution in [-0.2, 0) is 14.1 Å². The fraction of sp³-hybridized carbons (Fsp3) is 0.421. The molecule has 1 fully saturated rings. The molecule has 3 aromatic rings. The smallest absolute Gasteiger partial charge is 0.328 e. The molecule has 0 bridgehead atoms. The fourth-order valence-corrected chi connectivity index (χ4v) is 3.31. The van der Waals surface area contributed by atoms with Crippen LogP contribution >= 0.6 is 0 Å². The van der Waals surface area contributed by atoms with Crippen LogP contribution in [0.1, 0.15) is 30.7 Å². The number of nitrogens with two attached hydrogens (primary N) is 1. The molecule has 4 N–H and O–H groups in total. The third-order valence-corrected chi connectivity index (χ3v) is 5.04. The number of nitrogens with zero attached hydrogens (tertiary/aromatic N) is 4. The highest BCUT2D eigenvalue weighted by atomic mass is 16.1. The van der Waals surface area contributed by atoms with Crippen molar-refractivity contribution >= 4 is 28.5 Å². The molecule has 142 valence electrons. The van der Waals surface area contributed by atoms with Gasteiger partial charge in [-0.05, 0) is 49.9 Å². The number of nitrogens with one attached hydrogen (secondary N) is 2. The number of hydrogen-bond acceptors (Lipinski definition) is 6. The molecule has 8 nitrogen and oxygen atoms in total. The van der Waals surface area contributed by atoms with Gasteiger partial charge in [-0.25, -0.2) is 9.78 Å². The zero-order chi connectivity index (χ0) is 19.0. The highest BCUT2D eigenvalue weighted by molar-refractivity contribution is 5.81. The summed E-state index contributed by atoms with van der Waals surface area (Å²) in [5, 5.41) is 6.65. The summed E-state index contributed by atoms with van der Waals surface area (Å²) in [6.07, 6.45) is 5.20. The summed E-state index contributed by atoms with van der Waals surface area (Å²) in [5.74, 6) is 1.99. The summed E-state index contributed by atoms with van der Waals surface area (Å²) in [6, 6.07) is 5.80. The second kappa shape index (κ2) is 7.03. The van der Waals surface area contributed by atoms with E-state index in [4.69, 9.17) is 5.73 Å². The summed E-state index contributed by atoms with van der Waals surface area (Å²) in [6.45, 7) is 1.45. The quantitative estimate of drug-likeness (QED) is 0.552. The van der Waals surface area contributed by atoms with Gasteiger partial charge in [0.05, 0.1) is 11.0 Å². The Balaban J connectivity index is 1.62. The summed E-state index contributed by atoms with van der Waals surface area (Å²) in [4.78, 5) is 21.3. The van der Waals surface area contributed by atoms with Gasteiger partial charge in [-0.15, -0.1) is 0 Å². The molecule has 2 aromatic heterocycles. The Kier molecular flexibility index (Phi) is 4.57. The Hall–Kier alpha value is -2.87. The van der Waals surface area contributed by atoms with Crippen molar-refractivity contribution < 1.29 is 0 Å². The van der Waals surface area contributed by atoms with Crippen molar-refractivity contribution in [2.24, 2.45) is 19.8 Å². The summed E-state index contributed by atoms with van der Waals surface area (Å²) in [5.41, 5.74) is 9.33. The van der Waals surface area contributed by atoms with Crippen LogP contribution in [0.2, 0.25) is 0 Å². The number of rotatable bonds is 7. The van der Waals surface area contributed by atoms with E-state index in [1.807, 2.05) is 24.4 Å². The van der Waals surface area contributed by atoms with Crippen molar-refractivity contribution in [2.75, 3.05) is 23.7 Å². The first-order valence-electron chi connectivity index (χ1n) is 9.32. The minimum Gasteiger partial charge on any atom is -0.370 e. The van der Waals surface area contributed by atoms with Crippen LogP contribution in [0.25, 0.3) is 11.0 Å². The molecule has 0 spiro atoms. The fourth-order valence-electron chi connectivity index (χ4n) is 3.31. The summed E-state index contributed by atoms with van der Waals surface area (Å²) in [7, 11) is 3.55. The predicted molar refractivity (Wildman–Crippen MR) is 108 cm³/mol. The normalized spacial score (nSPS) is 13.9. The molecule has 27 heavy (non-hydrogen) atoms. The maximum absolute atomic E-state index is 12.1. The van der Waals surface area contributed by atoms with E-state index in [2.05, 4.69) is 20.6 Å². The number of aryl methyl sites for hydroxylation is 2. The van der Waals surface area contributed by atoms with E-state index in [1.54, 1.807) is 23.2 Å². The molecule has 8 heteroatoms. The lowest BCUT2D eigenvalue weighted by atomic mass is 10.2. The molecule has 1 aliphatic carbocycles. The first kappa shape index (κ1) is 17.5. The monoisotopic (exact) mass is 367 g/mol. The lowest BCUT2D eigenvalue weighted by Crippen LogP contribution is -2.19. The maximum Gasteiger partial charge on any atom is 0.328 e. The van der Waals surface area contributed by atoms with Gasteiger partial charge in [0.2, 0.25) is 5.95 Å². The molecule has 1 saturated carbocycles. The van der Waals surface area contributed by atoms with Crippen molar-refractivity contribution in [3.8, 4) is 0 Å². The molecule has 4 rings (SSSR count). The van der Waals surface area contributed by atoms with E-state index in [9.17, 15) is 4.79 Å². The number of hydrogen-bond donors (Lipinski definition) is 3. The van der Waals surface area contributed by atoms with E-state index < -0.39 is 0 Å². The molecule has 0 unspecified atom stereocenters. The Morgan fingerprint density at radius 2 is 2.00 bits per heavy atom. The SMILES string of the molecule is Cn1c(=O)n(C)c2cc(Nc3ncc(C4CC4)c(NCCCN)n3)ccc21. The Labute approximate surface area is 157 Å². The third kappa shape index (κ3) is 3.40. The van der Waals surface area contributed by atoms with Gasteiger partial charge in [0.15, 0.2) is 0 Å². The lowest BCUT2D eigenvalue weighted by molar-refractivity contribution is 0.795. The van der Waals surface area contributed by atoms with E-state index in [-0.39, 0.29) is 5.69 Å². The number of imidazole rings is 1. The van der Waals surface area contributed by atoms with Gasteiger partial charge in [0, 0.05) is 38.1 Å². The number of aromatic nitrogens is 4. The number of anilines is 3. The zero-order valence-electron chi connectivity index (χ0n) is 15.7. The van der Waals surface area contributed by atoms with Gasteiger partial charge in [0.25, 0.3) is 0 Å². The molecular weight excluding hydrogens is 342 g/mol. The molecule has 0 radical (unpaired) electrons. The van der Waals surface area contributed by atoms with Crippen LogP contribution in [0, 0.1) is 0 Å². The Morgan fingerprint density at radius 3 is 2.74 bits per heavy atom. The molecule has 1 aliphatic rings. The van der Waals surface area contributed by atoms with Gasteiger partial charge in [0.1, 0.15) is 5.82 Å². The van der Waals surface area contributed by atoms with Gasteiger partial charge < -0.3 is 16.4 Å². The molecule has 0 amide bonds. The molecule has 0 atom stereocenters. The predicted octanol–water partition coefficient (Wildman–Crippen LogP) is 2.05. The largest absolute Gasteiger partial charge is 0.370 e. The van der Waals surface area contributed by atoms with Crippen molar-refractivity contribution in [1.29, 1.82) is 0 Å². The summed E-state index contributed by atoms with van der Waals surface area (Å²) < 4.78 is 3.27. The van der Waals surface area contributed by atoms with Crippen LogP contribution < -0.4 is 22.1 Å². The Bertz CT molecular complexity index is 1030. The molecule has 2 heterocycles. The Morgan fingerprint density at radius 1 is 1.22 bits per heavy atom. The van der Waals surface area contributed by atoms with Crippen LogP contribution in [0.4, 0.5) is 17.5 Å². The first-order chi connectivity index (χ1) is 13.1. The summed E-state index contributed by atoms with van der Waals surface area (Å²) >= 11 is 0. The molecular formula is C19H25N7O. The van der Waals surface area contributed by atoms with Gasteiger partial charge in [-0.2, -0.15) is 4.98 Å². The number of benzene rings is 1. The van der Waals surface area contributed by atoms with Crippen LogP contribution in [-0.4, -0.2) is 32.2 Å². The highest BCUT2D eigenvalue weighted by Gasteiger charge is 2.27. The molecule has 1 aromatic carbocycles. The van der Waals surface area contributed by atoms with Crippen molar-refractivity contribution in [3.63, 3.8) is 0 Å². The van der Waals surface area contributed by atoms with E-state index in [1.165, 1.54) is 18.4 Å². The lowest BCUT2D eigenvalue weighted by Gasteiger charge is -2.12. The van der Waals surface area contributed by atoms with E-state index in [0.717, 1.165) is 35.5 Å². The molecule has 0 saturated heterocycles. The second-order valence-corrected chi connectivity index (χ2v) is 7.07. The van der Waals surface area contributed by atoms with Crippen molar-refractivity contribution in [2.45, 2.75) is 25.2 Å². The van der Waals surface area contributed by atoms with Crippen molar-refractivity contribution in [3.05, 3.63) is 40.4 Å². The minimum atomic E-state index is -0.0430. The topological polar surface area (TPSA) is 103 Å². The zero-order valence-corrected chi connectivity index (χ0v) is 15.7. The van der Waals surface area contributed by atoms with Crippen LogP contribution in [0.3, 0.4) is 0 Å². The highest BCUT2D eigenvalue weighted by Crippen LogP contribution is 2.42. The molecule has 0 aliphatic heterocycles. The van der Waals surface area contributed by atoms with Crippen molar-refractivity contribution in [1.82, 2.24) is 19.1 Å².